The van der Waals surface area contributed by atoms with Crippen molar-refractivity contribution in [2.24, 2.45) is 17.4 Å². The highest BCUT2D eigenvalue weighted by atomic mass is 35.5. The first-order valence-electron chi connectivity index (χ1n) is 38.2. The second-order valence-corrected chi connectivity index (χ2v) is 29.6. The van der Waals surface area contributed by atoms with Crippen LogP contribution in [0.2, 0.25) is 5.02 Å². The van der Waals surface area contributed by atoms with Crippen molar-refractivity contribution in [3.63, 3.8) is 0 Å². The maximum absolute atomic E-state index is 15.4. The Hall–Kier alpha value is -12.2. The first kappa shape index (κ1) is 88.3. The number of nitrogens with one attached hydrogen (secondary N) is 12. The van der Waals surface area contributed by atoms with E-state index >= 15 is 9.59 Å². The van der Waals surface area contributed by atoms with Gasteiger partial charge < -0.3 is 85.3 Å². The highest BCUT2D eigenvalue weighted by Gasteiger charge is 2.41. The van der Waals surface area contributed by atoms with Gasteiger partial charge in [-0.05, 0) is 151 Å². The average molecular weight is 1600 g/mol. The number of hydrogen-bond donors (Lipinski definition) is 15. The molecule has 1 aliphatic heterocycles. The van der Waals surface area contributed by atoms with Crippen LogP contribution in [0.25, 0.3) is 10.8 Å². The lowest BCUT2D eigenvalue weighted by Gasteiger charge is -2.31. The van der Waals surface area contributed by atoms with Crippen molar-refractivity contribution < 1.29 is 67.4 Å². The Kier molecular flexibility index (Phi) is 33.6. The molecule has 0 radical (unpaired) electrons. The number of primary amides is 2. The molecule has 115 heavy (non-hydrogen) atoms. The van der Waals surface area contributed by atoms with Crippen molar-refractivity contribution in [1.82, 2.24) is 68.0 Å². The van der Waals surface area contributed by atoms with Gasteiger partial charge in [0, 0.05) is 92.8 Å². The van der Waals surface area contributed by atoms with Crippen molar-refractivity contribution in [1.29, 1.82) is 0 Å². The van der Waals surface area contributed by atoms with E-state index in [1.807, 2.05) is 56.3 Å². The van der Waals surface area contributed by atoms with E-state index in [1.165, 1.54) is 67.8 Å². The van der Waals surface area contributed by atoms with Crippen LogP contribution in [0.1, 0.15) is 118 Å². The molecule has 31 nitrogen and oxygen atoms in total. The van der Waals surface area contributed by atoms with Crippen molar-refractivity contribution >= 4 is 111 Å². The number of aliphatic hydroxyl groups is 1. The molecule has 7 aromatic rings. The van der Waals surface area contributed by atoms with Crippen LogP contribution in [-0.2, 0) is 84.8 Å². The molecule has 1 aliphatic rings. The number of nitrogens with zero attached hydrogens (tertiary/aromatic N) is 3. The van der Waals surface area contributed by atoms with Crippen LogP contribution in [0, 0.1) is 5.92 Å². The van der Waals surface area contributed by atoms with E-state index in [0.717, 1.165) is 10.8 Å². The predicted octanol–water partition coefficient (Wildman–Crippen LogP) is 3.63. The molecule has 10 atom stereocenters. The Morgan fingerprint density at radius 2 is 0.965 bits per heavy atom. The molecule has 0 unspecified atom stereocenters. The molecule has 5 aromatic carbocycles. The number of nitrogens with two attached hydrogens (primary N) is 2. The van der Waals surface area contributed by atoms with Crippen LogP contribution in [0.4, 0.5) is 16.2 Å². The predicted molar refractivity (Wildman–Crippen MR) is 433 cm³/mol. The quantitative estimate of drug-likeness (QED) is 0.0243. The molecule has 0 saturated carbocycles. The van der Waals surface area contributed by atoms with Gasteiger partial charge in [-0.3, -0.25) is 67.5 Å². The molecule has 0 bridgehead atoms. The number of carbonyl (C=O) groups is 13. The van der Waals surface area contributed by atoms with E-state index < -0.39 is 144 Å². The summed E-state index contributed by atoms with van der Waals surface area (Å²) in [7, 11) is 0. The fraction of sp³-hybridized carbons (Fsp3) is 0.386. The highest BCUT2D eigenvalue weighted by Crippen LogP contribution is 2.23. The molecule has 32 heteroatoms. The summed E-state index contributed by atoms with van der Waals surface area (Å²) in [6.45, 7) is 9.89. The number of aromatic nitrogens is 2. The molecule has 8 rings (SSSR count). The second kappa shape index (κ2) is 43.7. The number of fused-ring (bicyclic) bond motifs is 1. The van der Waals surface area contributed by atoms with Crippen molar-refractivity contribution in [2.45, 2.75) is 179 Å². The molecule has 0 spiro atoms. The number of benzene rings is 5. The number of anilines is 2. The minimum atomic E-state index is -1.88. The van der Waals surface area contributed by atoms with Gasteiger partial charge >= 0.3 is 6.03 Å². The normalized spacial score (nSPS) is 14.8. The molecule has 1 saturated heterocycles. The molecule has 1 fully saturated rings. The number of pyridine rings is 2. The number of carbonyl (C=O) groups excluding carboxylic acids is 13. The third-order valence-corrected chi connectivity index (χ3v) is 19.4. The second-order valence-electron chi connectivity index (χ2n) is 29.2. The largest absolute Gasteiger partial charge is 0.394 e. The summed E-state index contributed by atoms with van der Waals surface area (Å²) in [5, 5.41) is 46.4. The van der Waals surface area contributed by atoms with Gasteiger partial charge in [-0.1, -0.05) is 124 Å². The molecule has 17 N–H and O–H groups in total. The molecule has 0 aliphatic carbocycles. The van der Waals surface area contributed by atoms with E-state index in [4.69, 9.17) is 23.1 Å². The highest BCUT2D eigenvalue weighted by molar-refractivity contribution is 6.30. The molecular weight excluding hydrogens is 1490 g/mol. The van der Waals surface area contributed by atoms with Crippen LogP contribution < -0.4 is 75.3 Å². The number of urea groups is 1. The first-order valence-corrected chi connectivity index (χ1v) is 38.6. The fourth-order valence-electron chi connectivity index (χ4n) is 13.1. The zero-order valence-corrected chi connectivity index (χ0v) is 65.8. The van der Waals surface area contributed by atoms with Crippen molar-refractivity contribution in [2.75, 3.05) is 30.3 Å². The lowest BCUT2D eigenvalue weighted by atomic mass is 9.99. The lowest BCUT2D eigenvalue weighted by molar-refractivity contribution is -0.142. The zero-order valence-electron chi connectivity index (χ0n) is 65.0. The summed E-state index contributed by atoms with van der Waals surface area (Å²) in [5.41, 5.74) is 14.2. The van der Waals surface area contributed by atoms with Crippen molar-refractivity contribution in [3.8, 4) is 0 Å². The van der Waals surface area contributed by atoms with E-state index in [9.17, 15) is 57.8 Å². The van der Waals surface area contributed by atoms with E-state index in [0.29, 0.717) is 64.3 Å². The summed E-state index contributed by atoms with van der Waals surface area (Å²) in [5.74, 6) is -9.74. The summed E-state index contributed by atoms with van der Waals surface area (Å²) in [4.78, 5) is 193. The number of unbranched alkanes of at least 4 members (excludes halogenated alkanes) is 1. The topological polar surface area (TPSA) is 468 Å². The number of halogens is 1. The minimum absolute atomic E-state index is 0.00264. The Morgan fingerprint density at radius 3 is 1.47 bits per heavy atom. The smallest absolute Gasteiger partial charge is 0.316 e. The Bertz CT molecular complexity index is 4530. The zero-order chi connectivity index (χ0) is 83.3. The molecular formula is C83H102ClN17O14. The van der Waals surface area contributed by atoms with Crippen LogP contribution >= 0.6 is 11.6 Å². The van der Waals surface area contributed by atoms with Crippen LogP contribution in [0.3, 0.4) is 0 Å². The van der Waals surface area contributed by atoms with Gasteiger partial charge in [0.05, 0.1) is 12.2 Å². The Labute approximate surface area is 671 Å². The monoisotopic (exact) mass is 1600 g/mol. The van der Waals surface area contributed by atoms with Gasteiger partial charge in [0.25, 0.3) is 5.91 Å². The third-order valence-electron chi connectivity index (χ3n) is 19.1. The van der Waals surface area contributed by atoms with Gasteiger partial charge in [0.1, 0.15) is 60.4 Å². The summed E-state index contributed by atoms with van der Waals surface area (Å²) in [6, 6.07) is 23.6. The van der Waals surface area contributed by atoms with Gasteiger partial charge in [0.15, 0.2) is 0 Å². The Morgan fingerprint density at radius 1 is 0.496 bits per heavy atom. The van der Waals surface area contributed by atoms with Gasteiger partial charge in [-0.15, -0.1) is 0 Å². The molecule has 610 valence electrons. The fourth-order valence-corrected chi connectivity index (χ4v) is 13.2. The number of aliphatic hydroxyl groups excluding tert-OH is 1. The van der Waals surface area contributed by atoms with E-state index in [1.54, 1.807) is 86.6 Å². The van der Waals surface area contributed by atoms with Crippen molar-refractivity contribution in [3.05, 3.63) is 203 Å². The minimum Gasteiger partial charge on any atom is -0.394 e. The Balaban J connectivity index is 1.09. The molecule has 2 aromatic heterocycles. The van der Waals surface area contributed by atoms with Gasteiger partial charge in [-0.2, -0.15) is 0 Å². The first-order chi connectivity index (χ1) is 55.0. The summed E-state index contributed by atoms with van der Waals surface area (Å²) in [6.07, 6.45) is 6.60. The number of rotatable bonds is 41. The standard InChI is InChI=1S/C83H102ClN17O14/c1-48(2)38-64(74(106)94-63(18-9-10-36-89-49(3)4)82(114)101-37-13-19-71(101)81(113)90-50(5)72(85)104)95-76(108)67(41-54-25-32-62(33-26-54)93-83(86)115)97-78(110)68(42-53-23-30-61(31-24-53)92-73(105)59-17-12-35-88-46-59)99-80(112)70(47-102)100-79(111)69(44-56-14-11-34-87-45-56)98-77(109)66(40-52-21-28-60(84)29-22-52)96-75(107)65(91-51(6)103)43-55-20-27-57-15-7-8-16-58(57)39-55/h7-8,11-12,14-17,20-35,39,45-46,48-50,63-71,89,102H,9-10,13,18-19,36-38,40-44,47H2,1-6H3,(H2,85,104)(H,90,113)(H,91,103)(H,92,105)(H,94,106)(H,95,108)(H,96,107)(H,97,110)(H,98,109)(H,99,112)(H,100,111)(H3,86,93,115)/t50-,63+,64+,65-,66-,67-,68+,69-,70+,71+/m1/s1. The SMILES string of the molecule is CC(=O)N[C@H](Cc1ccc2ccccc2c1)C(=O)N[C@H](Cc1ccc(Cl)cc1)C(=O)N[C@H](Cc1cccnc1)C(=O)N[C@@H](CO)C(=O)N[C@@H](Cc1ccc(NC(=O)c2cccnc2)cc1)C(=O)N[C@H](Cc1ccc(NC(N)=O)cc1)C(=O)N[C@@H](CC(C)C)C(=O)N[C@@H](CCCCNC(C)C)C(=O)N1CCC[C@H]1C(=O)N[C@H](C)C(N)=O. The number of hydrogen-bond acceptors (Lipinski definition) is 17. The van der Waals surface area contributed by atoms with Crippen LogP contribution in [0.15, 0.2) is 164 Å². The van der Waals surface area contributed by atoms with Gasteiger partial charge in [-0.25, -0.2) is 4.79 Å². The van der Waals surface area contributed by atoms with E-state index in [2.05, 4.69) is 73.8 Å². The van der Waals surface area contributed by atoms with Gasteiger partial charge in [0.2, 0.25) is 65.0 Å². The summed E-state index contributed by atoms with van der Waals surface area (Å²) >= 11 is 6.27. The van der Waals surface area contributed by atoms with E-state index in [-0.39, 0.29) is 81.1 Å². The number of amides is 14. The molecule has 14 amide bonds. The lowest BCUT2D eigenvalue weighted by Crippen LogP contribution is -2.62. The van der Waals surface area contributed by atoms with Crippen LogP contribution in [-0.4, -0.2) is 183 Å². The maximum atomic E-state index is 15.4. The molecule has 3 heterocycles. The summed E-state index contributed by atoms with van der Waals surface area (Å²) < 4.78 is 0. The number of likely N-dealkylation sites (tertiary alicyclic amines) is 1. The third kappa shape index (κ3) is 28.1. The average Bonchev–Trinajstić information content (AvgIpc) is 1.78. The maximum Gasteiger partial charge on any atom is 0.316 e. The van der Waals surface area contributed by atoms with Crippen LogP contribution in [0.5, 0.6) is 0 Å².